The van der Waals surface area contributed by atoms with Crippen LogP contribution in [0.3, 0.4) is 0 Å². The summed E-state index contributed by atoms with van der Waals surface area (Å²) in [6, 6.07) is 0.311. The molecule has 2 heterocycles. The molecule has 2 N–H and O–H groups in total. The summed E-state index contributed by atoms with van der Waals surface area (Å²) >= 11 is 1.66. The number of urea groups is 1. The number of carbonyl (C=O) groups excluding carboxylic acids is 1. The van der Waals surface area contributed by atoms with Gasteiger partial charge in [0.05, 0.1) is 0 Å². The van der Waals surface area contributed by atoms with Crippen molar-refractivity contribution in [3.63, 3.8) is 0 Å². The predicted molar refractivity (Wildman–Crippen MR) is 74.2 cm³/mol. The molecule has 1 unspecified atom stereocenters. The fourth-order valence-electron chi connectivity index (χ4n) is 2.17. The lowest BCUT2D eigenvalue weighted by molar-refractivity contribution is 0.240. The van der Waals surface area contributed by atoms with Crippen LogP contribution in [0.2, 0.25) is 0 Å². The fourth-order valence-corrected chi connectivity index (χ4v) is 2.91. The second kappa shape index (κ2) is 6.58. The van der Waals surface area contributed by atoms with Crippen LogP contribution in [-0.2, 0) is 0 Å². The van der Waals surface area contributed by atoms with E-state index in [0.717, 1.165) is 31.1 Å². The second-order valence-electron chi connectivity index (χ2n) is 4.44. The van der Waals surface area contributed by atoms with E-state index < -0.39 is 0 Å². The van der Waals surface area contributed by atoms with Crippen LogP contribution >= 0.6 is 11.3 Å². The molecule has 2 amide bonds. The van der Waals surface area contributed by atoms with Gasteiger partial charge < -0.3 is 15.5 Å². The van der Waals surface area contributed by atoms with Crippen molar-refractivity contribution in [2.24, 2.45) is 0 Å². The maximum absolute atomic E-state index is 11.5. The first kappa shape index (κ1) is 13.1. The molecular weight excluding hydrogens is 248 g/mol. The third kappa shape index (κ3) is 3.35. The summed E-state index contributed by atoms with van der Waals surface area (Å²) in [4.78, 5) is 18.1. The minimum Gasteiger partial charge on any atom is -0.343 e. The van der Waals surface area contributed by atoms with Crippen molar-refractivity contribution in [3.8, 4) is 0 Å². The van der Waals surface area contributed by atoms with Gasteiger partial charge in [-0.2, -0.15) is 0 Å². The van der Waals surface area contributed by atoms with Gasteiger partial charge in [-0.3, -0.25) is 0 Å². The summed E-state index contributed by atoms with van der Waals surface area (Å²) in [5.41, 5.74) is 0. The molecule has 0 saturated carbocycles. The minimum atomic E-state index is -0.0668. The molecule has 1 aromatic heterocycles. The molecule has 100 valence electrons. The molecule has 1 atom stereocenters. The number of rotatable bonds is 5. The van der Waals surface area contributed by atoms with Crippen LogP contribution < -0.4 is 15.5 Å². The Morgan fingerprint density at radius 3 is 3.22 bits per heavy atom. The average Bonchev–Trinajstić information content (AvgIpc) is 3.03. The van der Waals surface area contributed by atoms with E-state index in [4.69, 9.17) is 0 Å². The van der Waals surface area contributed by atoms with Crippen molar-refractivity contribution in [2.45, 2.75) is 32.2 Å². The van der Waals surface area contributed by atoms with Gasteiger partial charge >= 0.3 is 6.03 Å². The SMILES string of the molecule is CCCNC(=O)NCC1CCCN1c1nccs1. The lowest BCUT2D eigenvalue weighted by Gasteiger charge is -2.24. The van der Waals surface area contributed by atoms with E-state index in [1.54, 1.807) is 11.3 Å². The predicted octanol–water partition coefficient (Wildman–Crippen LogP) is 1.82. The van der Waals surface area contributed by atoms with E-state index in [0.29, 0.717) is 12.6 Å². The van der Waals surface area contributed by atoms with E-state index in [2.05, 4.69) is 20.5 Å². The summed E-state index contributed by atoms with van der Waals surface area (Å²) in [6.45, 7) is 4.50. The van der Waals surface area contributed by atoms with Crippen molar-refractivity contribution in [3.05, 3.63) is 11.6 Å². The highest BCUT2D eigenvalue weighted by molar-refractivity contribution is 7.13. The highest BCUT2D eigenvalue weighted by atomic mass is 32.1. The summed E-state index contributed by atoms with van der Waals surface area (Å²) in [6.07, 6.45) is 5.08. The Kier molecular flexibility index (Phi) is 4.81. The molecule has 1 aliphatic heterocycles. The highest BCUT2D eigenvalue weighted by Crippen LogP contribution is 2.26. The van der Waals surface area contributed by atoms with E-state index in [1.165, 1.54) is 6.42 Å². The monoisotopic (exact) mass is 268 g/mol. The van der Waals surface area contributed by atoms with Gasteiger partial charge in [0.1, 0.15) is 0 Å². The van der Waals surface area contributed by atoms with Crippen LogP contribution in [0.5, 0.6) is 0 Å². The molecule has 2 rings (SSSR count). The van der Waals surface area contributed by atoms with E-state index in [9.17, 15) is 4.79 Å². The van der Waals surface area contributed by atoms with E-state index in [1.807, 2.05) is 18.5 Å². The number of thiazole rings is 1. The van der Waals surface area contributed by atoms with Crippen LogP contribution in [0.1, 0.15) is 26.2 Å². The molecule has 0 radical (unpaired) electrons. The van der Waals surface area contributed by atoms with E-state index in [-0.39, 0.29) is 6.03 Å². The molecule has 0 aliphatic carbocycles. The van der Waals surface area contributed by atoms with Crippen LogP contribution in [0.15, 0.2) is 11.6 Å². The largest absolute Gasteiger partial charge is 0.343 e. The normalized spacial score (nSPS) is 18.9. The second-order valence-corrected chi connectivity index (χ2v) is 5.31. The van der Waals surface area contributed by atoms with Gasteiger partial charge in [-0.15, -0.1) is 11.3 Å². The number of nitrogens with zero attached hydrogens (tertiary/aromatic N) is 2. The van der Waals surface area contributed by atoms with Crippen LogP contribution in [-0.4, -0.2) is 36.7 Å². The summed E-state index contributed by atoms with van der Waals surface area (Å²) in [7, 11) is 0. The Labute approximate surface area is 112 Å². The Balaban J connectivity index is 1.80. The Morgan fingerprint density at radius 2 is 2.50 bits per heavy atom. The lowest BCUT2D eigenvalue weighted by Crippen LogP contribution is -2.44. The Morgan fingerprint density at radius 1 is 1.61 bits per heavy atom. The number of hydrogen-bond donors (Lipinski definition) is 2. The summed E-state index contributed by atoms with van der Waals surface area (Å²) in [5, 5.41) is 8.82. The first-order chi connectivity index (χ1) is 8.81. The van der Waals surface area contributed by atoms with Gasteiger partial charge in [-0.25, -0.2) is 9.78 Å². The first-order valence-corrected chi connectivity index (χ1v) is 7.37. The van der Waals surface area contributed by atoms with Crippen molar-refractivity contribution in [1.82, 2.24) is 15.6 Å². The van der Waals surface area contributed by atoms with Gasteiger partial charge in [-0.05, 0) is 19.3 Å². The fraction of sp³-hybridized carbons (Fsp3) is 0.667. The van der Waals surface area contributed by atoms with Crippen LogP contribution in [0, 0.1) is 0 Å². The summed E-state index contributed by atoms with van der Waals surface area (Å²) in [5.74, 6) is 0. The number of anilines is 1. The third-order valence-electron chi connectivity index (χ3n) is 3.08. The zero-order chi connectivity index (χ0) is 12.8. The van der Waals surface area contributed by atoms with Gasteiger partial charge in [0, 0.05) is 37.3 Å². The highest BCUT2D eigenvalue weighted by Gasteiger charge is 2.26. The van der Waals surface area contributed by atoms with Crippen LogP contribution in [0.4, 0.5) is 9.93 Å². The molecule has 5 nitrogen and oxygen atoms in total. The smallest absolute Gasteiger partial charge is 0.314 e. The zero-order valence-electron chi connectivity index (χ0n) is 10.7. The van der Waals surface area contributed by atoms with Crippen LogP contribution in [0.25, 0.3) is 0 Å². The van der Waals surface area contributed by atoms with Gasteiger partial charge in [0.25, 0.3) is 0 Å². The first-order valence-electron chi connectivity index (χ1n) is 6.49. The number of aromatic nitrogens is 1. The van der Waals surface area contributed by atoms with Gasteiger partial charge in [0.15, 0.2) is 5.13 Å². The molecular formula is C12H20N4OS. The molecule has 18 heavy (non-hydrogen) atoms. The average molecular weight is 268 g/mol. The van der Waals surface area contributed by atoms with Crippen molar-refractivity contribution in [2.75, 3.05) is 24.5 Å². The van der Waals surface area contributed by atoms with Crippen molar-refractivity contribution >= 4 is 22.5 Å². The molecule has 1 saturated heterocycles. The minimum absolute atomic E-state index is 0.0668. The lowest BCUT2D eigenvalue weighted by atomic mass is 10.2. The Bertz CT molecular complexity index is 368. The number of amides is 2. The Hall–Kier alpha value is -1.30. The molecule has 1 fully saturated rings. The molecule has 1 aromatic rings. The standard InChI is InChI=1S/C12H20N4OS/c1-2-5-13-11(17)15-9-10-4-3-7-16(10)12-14-6-8-18-12/h6,8,10H,2-5,7,9H2,1H3,(H2,13,15,17). The summed E-state index contributed by atoms with van der Waals surface area (Å²) < 4.78 is 0. The van der Waals surface area contributed by atoms with Gasteiger partial charge in [0.2, 0.25) is 0 Å². The quantitative estimate of drug-likeness (QED) is 0.856. The van der Waals surface area contributed by atoms with Crippen molar-refractivity contribution < 1.29 is 4.79 Å². The third-order valence-corrected chi connectivity index (χ3v) is 3.88. The molecule has 0 bridgehead atoms. The van der Waals surface area contributed by atoms with Gasteiger partial charge in [-0.1, -0.05) is 6.92 Å². The number of nitrogens with one attached hydrogen (secondary N) is 2. The topological polar surface area (TPSA) is 57.3 Å². The zero-order valence-corrected chi connectivity index (χ0v) is 11.5. The maximum atomic E-state index is 11.5. The van der Waals surface area contributed by atoms with E-state index >= 15 is 0 Å². The number of hydrogen-bond acceptors (Lipinski definition) is 4. The number of carbonyl (C=O) groups is 1. The molecule has 6 heteroatoms. The maximum Gasteiger partial charge on any atom is 0.314 e. The molecule has 0 aromatic carbocycles. The van der Waals surface area contributed by atoms with Crippen molar-refractivity contribution in [1.29, 1.82) is 0 Å². The molecule has 1 aliphatic rings. The molecule has 0 spiro atoms.